The molecule has 0 radical (unpaired) electrons. The van der Waals surface area contributed by atoms with Crippen molar-refractivity contribution >= 4 is 0 Å². The van der Waals surface area contributed by atoms with Gasteiger partial charge in [-0.05, 0) is 36.8 Å². The number of nitrogens with zero attached hydrogens (tertiary/aromatic N) is 3. The van der Waals surface area contributed by atoms with E-state index >= 15 is 0 Å². The van der Waals surface area contributed by atoms with Gasteiger partial charge in [0.2, 0.25) is 0 Å². The number of aromatic nitrogens is 3. The molecule has 3 aromatic rings. The highest BCUT2D eigenvalue weighted by Crippen LogP contribution is 2.32. The average Bonchev–Trinajstić information content (AvgIpc) is 2.98. The van der Waals surface area contributed by atoms with E-state index in [9.17, 15) is 0 Å². The second kappa shape index (κ2) is 5.99. The Morgan fingerprint density at radius 1 is 1.14 bits per heavy atom. The molecule has 0 bridgehead atoms. The normalized spacial score (nSPS) is 10.7. The number of benzene rings is 2. The van der Waals surface area contributed by atoms with Crippen LogP contribution < -0.4 is 10.5 Å². The molecule has 0 saturated carbocycles. The van der Waals surface area contributed by atoms with Crippen molar-refractivity contribution in [3.05, 3.63) is 59.8 Å². The molecule has 0 aliphatic rings. The first-order valence-electron chi connectivity index (χ1n) is 7.09. The number of nitrogens with two attached hydrogens (primary N) is 1. The minimum Gasteiger partial charge on any atom is -0.496 e. The fourth-order valence-corrected chi connectivity index (χ4v) is 2.50. The van der Waals surface area contributed by atoms with E-state index < -0.39 is 0 Å². The number of hydrogen-bond acceptors (Lipinski definition) is 4. The number of para-hydroxylation sites is 1. The van der Waals surface area contributed by atoms with Gasteiger partial charge in [-0.25, -0.2) is 4.68 Å². The molecule has 0 spiro atoms. The summed E-state index contributed by atoms with van der Waals surface area (Å²) in [5.74, 6) is 0.772. The van der Waals surface area contributed by atoms with Crippen LogP contribution in [0.15, 0.2) is 48.5 Å². The fraction of sp³-hybridized carbons (Fsp3) is 0.176. The van der Waals surface area contributed by atoms with E-state index in [1.54, 1.807) is 7.11 Å². The third-order valence-electron chi connectivity index (χ3n) is 3.54. The van der Waals surface area contributed by atoms with Crippen molar-refractivity contribution in [2.45, 2.75) is 13.5 Å². The van der Waals surface area contributed by atoms with Gasteiger partial charge in [-0.2, -0.15) is 0 Å². The summed E-state index contributed by atoms with van der Waals surface area (Å²) in [5.41, 5.74) is 10.5. The van der Waals surface area contributed by atoms with Gasteiger partial charge in [0.25, 0.3) is 0 Å². The van der Waals surface area contributed by atoms with E-state index in [0.29, 0.717) is 6.54 Å². The van der Waals surface area contributed by atoms with E-state index in [4.69, 9.17) is 10.5 Å². The van der Waals surface area contributed by atoms with Crippen molar-refractivity contribution < 1.29 is 4.74 Å². The smallest absolute Gasteiger partial charge is 0.128 e. The maximum atomic E-state index is 5.84. The van der Waals surface area contributed by atoms with Gasteiger partial charge in [0.15, 0.2) is 0 Å². The molecule has 0 amide bonds. The van der Waals surface area contributed by atoms with E-state index in [2.05, 4.69) is 16.4 Å². The minimum absolute atomic E-state index is 0.319. The monoisotopic (exact) mass is 294 g/mol. The second-order valence-corrected chi connectivity index (χ2v) is 5.04. The predicted molar refractivity (Wildman–Crippen MR) is 86.0 cm³/mol. The van der Waals surface area contributed by atoms with Crippen LogP contribution in [0.3, 0.4) is 0 Å². The first kappa shape index (κ1) is 14.3. The van der Waals surface area contributed by atoms with Crippen LogP contribution in [0, 0.1) is 6.92 Å². The summed E-state index contributed by atoms with van der Waals surface area (Å²) in [6.45, 7) is 2.37. The Hall–Kier alpha value is -2.66. The Labute approximate surface area is 129 Å². The van der Waals surface area contributed by atoms with Gasteiger partial charge in [-0.15, -0.1) is 5.10 Å². The molecule has 2 aromatic carbocycles. The van der Waals surface area contributed by atoms with Crippen LogP contribution in [0.25, 0.3) is 16.9 Å². The van der Waals surface area contributed by atoms with Gasteiger partial charge in [0.05, 0.1) is 12.8 Å². The zero-order valence-electron chi connectivity index (χ0n) is 12.7. The van der Waals surface area contributed by atoms with Crippen molar-refractivity contribution in [3.63, 3.8) is 0 Å². The van der Waals surface area contributed by atoms with Crippen LogP contribution in [0.1, 0.15) is 11.3 Å². The molecular weight excluding hydrogens is 276 g/mol. The van der Waals surface area contributed by atoms with Gasteiger partial charge < -0.3 is 10.5 Å². The summed E-state index contributed by atoms with van der Waals surface area (Å²) < 4.78 is 7.29. The number of methoxy groups -OCH3 is 1. The largest absolute Gasteiger partial charge is 0.496 e. The number of aryl methyl sites for hydroxylation is 1. The molecular formula is C17H18N4O. The van der Waals surface area contributed by atoms with Gasteiger partial charge >= 0.3 is 0 Å². The highest BCUT2D eigenvalue weighted by atomic mass is 16.5. The molecule has 5 nitrogen and oxygen atoms in total. The van der Waals surface area contributed by atoms with E-state index in [0.717, 1.165) is 34.0 Å². The van der Waals surface area contributed by atoms with E-state index in [1.165, 1.54) is 0 Å². The third kappa shape index (κ3) is 2.46. The highest BCUT2D eigenvalue weighted by molar-refractivity contribution is 5.71. The first-order chi connectivity index (χ1) is 10.7. The van der Waals surface area contributed by atoms with Crippen molar-refractivity contribution in [2.75, 3.05) is 7.11 Å². The van der Waals surface area contributed by atoms with E-state index in [1.807, 2.05) is 54.1 Å². The molecule has 112 valence electrons. The molecule has 3 rings (SSSR count). The molecule has 0 fully saturated rings. The summed E-state index contributed by atoms with van der Waals surface area (Å²) in [6, 6.07) is 15.9. The second-order valence-electron chi connectivity index (χ2n) is 5.04. The van der Waals surface area contributed by atoms with Crippen LogP contribution in [0.2, 0.25) is 0 Å². The number of rotatable bonds is 4. The quantitative estimate of drug-likeness (QED) is 0.803. The van der Waals surface area contributed by atoms with Crippen LogP contribution in [-0.2, 0) is 6.54 Å². The summed E-state index contributed by atoms with van der Waals surface area (Å²) >= 11 is 0. The fourth-order valence-electron chi connectivity index (χ4n) is 2.50. The molecule has 0 saturated heterocycles. The molecule has 0 atom stereocenters. The summed E-state index contributed by atoms with van der Waals surface area (Å²) in [6.07, 6.45) is 0. The highest BCUT2D eigenvalue weighted by Gasteiger charge is 2.18. The zero-order valence-corrected chi connectivity index (χ0v) is 12.7. The third-order valence-corrected chi connectivity index (χ3v) is 3.54. The molecule has 22 heavy (non-hydrogen) atoms. The molecule has 0 aliphatic heterocycles. The number of hydrogen-bond donors (Lipinski definition) is 1. The molecule has 2 N–H and O–H groups in total. The molecule has 1 heterocycles. The lowest BCUT2D eigenvalue weighted by Gasteiger charge is -2.12. The van der Waals surface area contributed by atoms with Gasteiger partial charge in [-0.1, -0.05) is 29.5 Å². The standard InChI is InChI=1S/C17H18N4O/c1-12-6-5-7-13(10-12)21-17(15(11-18)19-20-21)14-8-3-4-9-16(14)22-2/h3-10H,11,18H2,1-2H3. The van der Waals surface area contributed by atoms with Gasteiger partial charge in [0.1, 0.15) is 17.1 Å². The van der Waals surface area contributed by atoms with Gasteiger partial charge in [-0.3, -0.25) is 0 Å². The molecule has 0 unspecified atom stereocenters. The Kier molecular flexibility index (Phi) is 3.89. The number of ether oxygens (including phenoxy) is 1. The van der Waals surface area contributed by atoms with Crippen molar-refractivity contribution in [3.8, 4) is 22.7 Å². The minimum atomic E-state index is 0.319. The Bertz CT molecular complexity index is 795. The van der Waals surface area contributed by atoms with E-state index in [-0.39, 0.29) is 0 Å². The van der Waals surface area contributed by atoms with Crippen LogP contribution in [0.5, 0.6) is 5.75 Å². The van der Waals surface area contributed by atoms with Crippen molar-refractivity contribution in [2.24, 2.45) is 5.73 Å². The Morgan fingerprint density at radius 3 is 2.68 bits per heavy atom. The molecule has 1 aromatic heterocycles. The predicted octanol–water partition coefficient (Wildman–Crippen LogP) is 2.71. The lowest BCUT2D eigenvalue weighted by molar-refractivity contribution is 0.416. The topological polar surface area (TPSA) is 66.0 Å². The zero-order chi connectivity index (χ0) is 15.5. The maximum absolute atomic E-state index is 5.84. The van der Waals surface area contributed by atoms with Crippen molar-refractivity contribution in [1.29, 1.82) is 0 Å². The summed E-state index contributed by atoms with van der Waals surface area (Å²) in [7, 11) is 1.65. The van der Waals surface area contributed by atoms with Gasteiger partial charge in [0, 0.05) is 12.1 Å². The Balaban J connectivity index is 2.24. The molecule has 5 heteroatoms. The van der Waals surface area contributed by atoms with Crippen LogP contribution >= 0.6 is 0 Å². The molecule has 0 aliphatic carbocycles. The first-order valence-corrected chi connectivity index (χ1v) is 7.09. The maximum Gasteiger partial charge on any atom is 0.128 e. The van der Waals surface area contributed by atoms with Crippen molar-refractivity contribution in [1.82, 2.24) is 15.0 Å². The lowest BCUT2D eigenvalue weighted by Crippen LogP contribution is -2.04. The van der Waals surface area contributed by atoms with Crippen LogP contribution in [0.4, 0.5) is 0 Å². The SMILES string of the molecule is COc1ccccc1-c1c(CN)nnn1-c1cccc(C)c1. The Morgan fingerprint density at radius 2 is 1.95 bits per heavy atom. The summed E-state index contributed by atoms with van der Waals surface area (Å²) in [5, 5.41) is 8.51. The van der Waals surface area contributed by atoms with Crippen LogP contribution in [-0.4, -0.2) is 22.1 Å². The summed E-state index contributed by atoms with van der Waals surface area (Å²) in [4.78, 5) is 0. The lowest BCUT2D eigenvalue weighted by atomic mass is 10.1. The average molecular weight is 294 g/mol.